The van der Waals surface area contributed by atoms with Crippen LogP contribution in [-0.4, -0.2) is 28.7 Å². The molecule has 0 spiro atoms. The molecule has 0 radical (unpaired) electrons. The van der Waals surface area contributed by atoms with Gasteiger partial charge in [-0.2, -0.15) is 0 Å². The van der Waals surface area contributed by atoms with Gasteiger partial charge in [-0.15, -0.1) is 0 Å². The van der Waals surface area contributed by atoms with Gasteiger partial charge in [-0.1, -0.05) is 11.6 Å². The van der Waals surface area contributed by atoms with Crippen molar-refractivity contribution in [1.29, 1.82) is 0 Å². The minimum Gasteiger partial charge on any atom is -0.748 e. The lowest BCUT2D eigenvalue weighted by molar-refractivity contribution is -0.692. The van der Waals surface area contributed by atoms with E-state index in [1.807, 2.05) is 0 Å². The largest absolute Gasteiger partial charge is 0.748 e. The van der Waals surface area contributed by atoms with E-state index < -0.39 is 15.9 Å². The molecule has 2 heterocycles. The number of pyridine rings is 1. The fourth-order valence-electron chi connectivity index (χ4n) is 1.51. The molecule has 0 atom stereocenters. The van der Waals surface area contributed by atoms with Crippen LogP contribution in [0.5, 0.6) is 0 Å². The van der Waals surface area contributed by atoms with Crippen molar-refractivity contribution in [3.63, 3.8) is 0 Å². The average Bonchev–Trinajstić information content (AvgIpc) is 2.37. The summed E-state index contributed by atoms with van der Waals surface area (Å²) < 4.78 is 33.2. The molecule has 0 aliphatic heterocycles. The normalized spacial score (nSPS) is 11.5. The van der Waals surface area contributed by atoms with Gasteiger partial charge in [0, 0.05) is 24.0 Å². The number of aryl methyl sites for hydroxylation is 1. The van der Waals surface area contributed by atoms with E-state index in [4.69, 9.17) is 11.6 Å². The summed E-state index contributed by atoms with van der Waals surface area (Å²) in [7, 11) is -4.23. The van der Waals surface area contributed by atoms with Gasteiger partial charge in [0.25, 0.3) is 0 Å². The minimum absolute atomic E-state index is 0.0618. The Kier molecular flexibility index (Phi) is 4.08. The van der Waals surface area contributed by atoms with Crippen LogP contribution in [0.4, 0.5) is 0 Å². The van der Waals surface area contributed by atoms with Crippen molar-refractivity contribution in [3.05, 3.63) is 42.1 Å². The monoisotopic (exact) mass is 299 g/mol. The van der Waals surface area contributed by atoms with Crippen LogP contribution >= 0.6 is 11.6 Å². The van der Waals surface area contributed by atoms with E-state index in [9.17, 15) is 13.0 Å². The Morgan fingerprint density at radius 1 is 1.37 bits per heavy atom. The molecule has 0 bridgehead atoms. The summed E-state index contributed by atoms with van der Waals surface area (Å²) in [5, 5.41) is 0.409. The molecule has 0 fully saturated rings. The third-order valence-corrected chi connectivity index (χ3v) is 3.39. The molecule has 0 saturated carbocycles. The molecule has 0 aromatic carbocycles. The van der Waals surface area contributed by atoms with E-state index in [1.165, 1.54) is 4.57 Å². The van der Waals surface area contributed by atoms with Gasteiger partial charge in [0.2, 0.25) is 0 Å². The Labute approximate surface area is 115 Å². The molecule has 8 heteroatoms. The molecular formula is C11H10ClN3O3S. The molecule has 100 valence electrons. The van der Waals surface area contributed by atoms with Gasteiger partial charge in [0.05, 0.1) is 17.6 Å². The lowest BCUT2D eigenvalue weighted by atomic mass is 10.2. The molecule has 2 aromatic rings. The summed E-state index contributed by atoms with van der Waals surface area (Å²) in [5.41, 5.74) is 1.31. The number of nitrogens with zero attached hydrogens (tertiary/aromatic N) is 3. The smallest absolute Gasteiger partial charge is 0.188 e. The van der Waals surface area contributed by atoms with Gasteiger partial charge in [-0.3, -0.25) is 9.97 Å². The molecule has 0 aliphatic rings. The first kappa shape index (κ1) is 13.9. The topological polar surface area (TPSA) is 86.9 Å². The van der Waals surface area contributed by atoms with Crippen LogP contribution in [-0.2, 0) is 16.7 Å². The van der Waals surface area contributed by atoms with Gasteiger partial charge >= 0.3 is 0 Å². The predicted octanol–water partition coefficient (Wildman–Crippen LogP) is 0.630. The summed E-state index contributed by atoms with van der Waals surface area (Å²) >= 11 is 6.10. The highest BCUT2D eigenvalue weighted by Gasteiger charge is 2.11. The summed E-state index contributed by atoms with van der Waals surface area (Å²) in [6.45, 7) is 0.0618. The standard InChI is InChI=1S/C11H10ClN3O3S/c12-10-8-15(5-6-19(16,17)18)4-1-9(10)11-7-13-2-3-14-11/h1-4,7-8H,5-6H2. The Bertz CT molecular complexity index is 677. The van der Waals surface area contributed by atoms with Crippen LogP contribution in [0.25, 0.3) is 11.3 Å². The van der Waals surface area contributed by atoms with Crippen LogP contribution < -0.4 is 4.57 Å². The first-order valence-electron chi connectivity index (χ1n) is 5.34. The van der Waals surface area contributed by atoms with E-state index in [-0.39, 0.29) is 6.54 Å². The van der Waals surface area contributed by atoms with Crippen LogP contribution in [0.2, 0.25) is 5.02 Å². The summed E-state index contributed by atoms with van der Waals surface area (Å²) in [6.07, 6.45) is 7.88. The summed E-state index contributed by atoms with van der Waals surface area (Å²) in [4.78, 5) is 8.07. The number of rotatable bonds is 4. The molecule has 19 heavy (non-hydrogen) atoms. The first-order chi connectivity index (χ1) is 8.96. The first-order valence-corrected chi connectivity index (χ1v) is 7.30. The van der Waals surface area contributed by atoms with Crippen molar-refractivity contribution in [2.75, 3.05) is 5.75 Å². The Balaban J connectivity index is 2.23. The zero-order valence-corrected chi connectivity index (χ0v) is 11.3. The van der Waals surface area contributed by atoms with Crippen LogP contribution in [0.1, 0.15) is 0 Å². The molecular weight excluding hydrogens is 290 g/mol. The van der Waals surface area contributed by atoms with Gasteiger partial charge in [0.1, 0.15) is 15.1 Å². The quantitative estimate of drug-likeness (QED) is 0.610. The van der Waals surface area contributed by atoms with Gasteiger partial charge in [0.15, 0.2) is 18.9 Å². The highest BCUT2D eigenvalue weighted by Crippen LogP contribution is 2.23. The van der Waals surface area contributed by atoms with Gasteiger partial charge in [-0.05, 0) is 0 Å². The summed E-state index contributed by atoms with van der Waals surface area (Å²) in [5.74, 6) is -0.474. The van der Waals surface area contributed by atoms with Crippen molar-refractivity contribution in [2.24, 2.45) is 0 Å². The molecule has 6 nitrogen and oxygen atoms in total. The molecule has 0 unspecified atom stereocenters. The molecule has 0 amide bonds. The zero-order valence-electron chi connectivity index (χ0n) is 9.73. The Hall–Kier alpha value is -1.57. The van der Waals surface area contributed by atoms with Gasteiger partial charge in [-0.25, -0.2) is 13.0 Å². The molecule has 0 saturated heterocycles. The second-order valence-electron chi connectivity index (χ2n) is 3.80. The van der Waals surface area contributed by atoms with Crippen LogP contribution in [0.3, 0.4) is 0 Å². The van der Waals surface area contributed by atoms with E-state index in [0.717, 1.165) is 0 Å². The predicted molar refractivity (Wildman–Crippen MR) is 67.2 cm³/mol. The fraction of sp³-hybridized carbons (Fsp3) is 0.182. The van der Waals surface area contributed by atoms with E-state index in [1.54, 1.807) is 37.1 Å². The fourth-order valence-corrected chi connectivity index (χ4v) is 2.23. The molecule has 0 aliphatic carbocycles. The highest BCUT2D eigenvalue weighted by atomic mass is 35.5. The number of hydrogen-bond donors (Lipinski definition) is 0. The maximum Gasteiger partial charge on any atom is 0.188 e. The van der Waals surface area contributed by atoms with Crippen molar-refractivity contribution in [2.45, 2.75) is 6.54 Å². The lowest BCUT2D eigenvalue weighted by Crippen LogP contribution is -2.36. The van der Waals surface area contributed by atoms with E-state index >= 15 is 0 Å². The van der Waals surface area contributed by atoms with Gasteiger partial charge < -0.3 is 4.55 Å². The minimum atomic E-state index is -4.23. The number of hydrogen-bond acceptors (Lipinski definition) is 5. The van der Waals surface area contributed by atoms with Crippen molar-refractivity contribution in [3.8, 4) is 11.3 Å². The molecule has 0 N–H and O–H groups in total. The third kappa shape index (κ3) is 3.95. The number of aromatic nitrogens is 3. The zero-order chi connectivity index (χ0) is 13.9. The maximum absolute atomic E-state index is 10.6. The van der Waals surface area contributed by atoms with Crippen molar-refractivity contribution in [1.82, 2.24) is 9.97 Å². The van der Waals surface area contributed by atoms with Crippen LogP contribution in [0, 0.1) is 0 Å². The summed E-state index contributed by atoms with van der Waals surface area (Å²) in [6, 6.07) is 1.70. The maximum atomic E-state index is 10.6. The molecule has 2 aromatic heterocycles. The highest BCUT2D eigenvalue weighted by molar-refractivity contribution is 7.85. The lowest BCUT2D eigenvalue weighted by Gasteiger charge is -2.05. The Morgan fingerprint density at radius 2 is 2.16 bits per heavy atom. The van der Waals surface area contributed by atoms with E-state index in [2.05, 4.69) is 9.97 Å². The average molecular weight is 300 g/mol. The van der Waals surface area contributed by atoms with Crippen LogP contribution in [0.15, 0.2) is 37.1 Å². The SMILES string of the molecule is O=S(=O)([O-])CC[n+]1ccc(-c2cnccn2)c(Cl)c1. The van der Waals surface area contributed by atoms with Crippen molar-refractivity contribution >= 4 is 21.7 Å². The molecule has 2 rings (SSSR count). The van der Waals surface area contributed by atoms with E-state index in [0.29, 0.717) is 16.3 Å². The Morgan fingerprint density at radius 3 is 2.74 bits per heavy atom. The third-order valence-electron chi connectivity index (χ3n) is 2.41. The van der Waals surface area contributed by atoms with Crippen molar-refractivity contribution < 1.29 is 17.5 Å². The second kappa shape index (κ2) is 5.60. The number of halogens is 1. The second-order valence-corrected chi connectivity index (χ2v) is 5.73.